The molecule has 17 heavy (non-hydrogen) atoms. The zero-order chi connectivity index (χ0) is 13.1. The average Bonchev–Trinajstić information content (AvgIpc) is 2.26. The van der Waals surface area contributed by atoms with Crippen molar-refractivity contribution in [3.8, 4) is 0 Å². The fourth-order valence-electron chi connectivity index (χ4n) is 1.09. The van der Waals surface area contributed by atoms with Gasteiger partial charge in [0.15, 0.2) is 0 Å². The lowest BCUT2D eigenvalue weighted by Crippen LogP contribution is -2.21. The van der Waals surface area contributed by atoms with E-state index >= 15 is 0 Å². The first kappa shape index (κ1) is 14.1. The molecule has 1 aromatic carbocycles. The Kier molecular flexibility index (Phi) is 4.27. The van der Waals surface area contributed by atoms with Crippen LogP contribution >= 0.6 is 0 Å². The summed E-state index contributed by atoms with van der Waals surface area (Å²) in [4.78, 5) is 0. The highest BCUT2D eigenvalue weighted by atomic mass is 32.2. The molecule has 0 saturated heterocycles. The monoisotopic (exact) mass is 260 g/mol. The van der Waals surface area contributed by atoms with Crippen molar-refractivity contribution in [3.05, 3.63) is 35.9 Å². The molecule has 0 aromatic heterocycles. The SMILES string of the molecule is CC(C)(C)COS(=O)(=O)C(F)c1ccccc1. The normalized spacial score (nSPS) is 14.6. The molecule has 0 aliphatic rings. The predicted octanol–water partition coefficient (Wildman–Crippen LogP) is 3.05. The number of alkyl halides is 1. The molecule has 1 atom stereocenters. The number of rotatable bonds is 4. The van der Waals surface area contributed by atoms with Crippen LogP contribution in [0.3, 0.4) is 0 Å². The van der Waals surface area contributed by atoms with Crippen molar-refractivity contribution in [1.82, 2.24) is 0 Å². The molecule has 0 saturated carbocycles. The van der Waals surface area contributed by atoms with Crippen molar-refractivity contribution in [2.75, 3.05) is 6.61 Å². The van der Waals surface area contributed by atoms with E-state index in [-0.39, 0.29) is 17.6 Å². The summed E-state index contributed by atoms with van der Waals surface area (Å²) in [5.74, 6) is 0. The fourth-order valence-corrected chi connectivity index (χ4v) is 2.22. The molecule has 0 amide bonds. The summed E-state index contributed by atoms with van der Waals surface area (Å²) < 4.78 is 41.6. The maximum absolute atomic E-state index is 13.8. The lowest BCUT2D eigenvalue weighted by atomic mass is 9.99. The molecule has 1 aromatic rings. The summed E-state index contributed by atoms with van der Waals surface area (Å²) in [7, 11) is -4.21. The van der Waals surface area contributed by atoms with Crippen molar-refractivity contribution in [1.29, 1.82) is 0 Å². The van der Waals surface area contributed by atoms with Gasteiger partial charge in [-0.2, -0.15) is 8.42 Å². The molecule has 0 aliphatic heterocycles. The van der Waals surface area contributed by atoms with Gasteiger partial charge < -0.3 is 0 Å². The highest BCUT2D eigenvalue weighted by molar-refractivity contribution is 7.86. The van der Waals surface area contributed by atoms with Crippen molar-refractivity contribution >= 4 is 10.1 Å². The Morgan fingerprint density at radius 2 is 1.76 bits per heavy atom. The molecule has 0 radical (unpaired) electrons. The van der Waals surface area contributed by atoms with Gasteiger partial charge in [0.2, 0.25) is 0 Å². The quantitative estimate of drug-likeness (QED) is 0.781. The van der Waals surface area contributed by atoms with E-state index in [1.165, 1.54) is 12.1 Å². The molecule has 0 aliphatic carbocycles. The van der Waals surface area contributed by atoms with Gasteiger partial charge in [0.25, 0.3) is 5.50 Å². The zero-order valence-corrected chi connectivity index (χ0v) is 11.0. The smallest absolute Gasteiger partial charge is 0.267 e. The van der Waals surface area contributed by atoms with Crippen LogP contribution in [0.5, 0.6) is 0 Å². The molecule has 96 valence electrons. The highest BCUT2D eigenvalue weighted by Crippen LogP contribution is 2.26. The second-order valence-electron chi connectivity index (χ2n) is 5.04. The van der Waals surface area contributed by atoms with E-state index in [2.05, 4.69) is 0 Å². The van der Waals surface area contributed by atoms with Gasteiger partial charge >= 0.3 is 10.1 Å². The van der Waals surface area contributed by atoms with Crippen LogP contribution in [0.25, 0.3) is 0 Å². The van der Waals surface area contributed by atoms with E-state index in [9.17, 15) is 12.8 Å². The van der Waals surface area contributed by atoms with Gasteiger partial charge in [-0.05, 0) is 5.41 Å². The molecular formula is C12H17FO3S. The Morgan fingerprint density at radius 1 is 1.24 bits per heavy atom. The van der Waals surface area contributed by atoms with Gasteiger partial charge in [-0.3, -0.25) is 4.18 Å². The van der Waals surface area contributed by atoms with E-state index in [0.29, 0.717) is 0 Å². The van der Waals surface area contributed by atoms with Gasteiger partial charge in [-0.1, -0.05) is 51.1 Å². The molecule has 0 heterocycles. The number of hydrogen-bond acceptors (Lipinski definition) is 3. The number of benzene rings is 1. The topological polar surface area (TPSA) is 43.4 Å². The Morgan fingerprint density at radius 3 is 2.24 bits per heavy atom. The summed E-state index contributed by atoms with van der Waals surface area (Å²) in [6, 6.07) is 7.70. The third-order valence-corrected chi connectivity index (χ3v) is 3.20. The predicted molar refractivity (Wildman–Crippen MR) is 64.6 cm³/mol. The average molecular weight is 260 g/mol. The Bertz CT molecular complexity index is 448. The van der Waals surface area contributed by atoms with Crippen LogP contribution in [0, 0.1) is 5.41 Å². The lowest BCUT2D eigenvalue weighted by molar-refractivity contribution is 0.193. The maximum Gasteiger partial charge on any atom is 0.304 e. The summed E-state index contributed by atoms with van der Waals surface area (Å²) >= 11 is 0. The maximum atomic E-state index is 13.8. The third-order valence-electron chi connectivity index (χ3n) is 1.97. The van der Waals surface area contributed by atoms with E-state index in [1.807, 2.05) is 20.8 Å². The number of halogens is 1. The second-order valence-corrected chi connectivity index (χ2v) is 6.68. The third kappa shape index (κ3) is 4.44. The van der Waals surface area contributed by atoms with Crippen LogP contribution in [0.1, 0.15) is 31.8 Å². The largest absolute Gasteiger partial charge is 0.304 e. The minimum atomic E-state index is -4.21. The molecule has 0 fully saturated rings. The summed E-state index contributed by atoms with van der Waals surface area (Å²) in [6.45, 7) is 5.41. The van der Waals surface area contributed by atoms with E-state index in [0.717, 1.165) is 0 Å². The first-order valence-corrected chi connectivity index (χ1v) is 6.77. The van der Waals surface area contributed by atoms with Crippen LogP contribution in [0.15, 0.2) is 30.3 Å². The van der Waals surface area contributed by atoms with E-state index < -0.39 is 15.6 Å². The van der Waals surface area contributed by atoms with Gasteiger partial charge in [-0.25, -0.2) is 4.39 Å². The van der Waals surface area contributed by atoms with Crippen LogP contribution in [0.2, 0.25) is 0 Å². The molecule has 0 N–H and O–H groups in total. The molecule has 1 rings (SSSR count). The van der Waals surface area contributed by atoms with Crippen LogP contribution in [-0.2, 0) is 14.3 Å². The first-order valence-electron chi connectivity index (χ1n) is 5.30. The minimum absolute atomic E-state index is 0.0391. The fraction of sp³-hybridized carbons (Fsp3) is 0.500. The molecular weight excluding hydrogens is 243 g/mol. The van der Waals surface area contributed by atoms with Crippen molar-refractivity contribution < 1.29 is 17.0 Å². The molecule has 0 spiro atoms. The Balaban J connectivity index is 2.78. The van der Waals surface area contributed by atoms with Crippen molar-refractivity contribution in [2.24, 2.45) is 5.41 Å². The van der Waals surface area contributed by atoms with Crippen molar-refractivity contribution in [3.63, 3.8) is 0 Å². The molecule has 0 bridgehead atoms. The van der Waals surface area contributed by atoms with E-state index in [1.54, 1.807) is 18.2 Å². The van der Waals surface area contributed by atoms with Gasteiger partial charge in [0.1, 0.15) is 0 Å². The lowest BCUT2D eigenvalue weighted by Gasteiger charge is -2.18. The van der Waals surface area contributed by atoms with Gasteiger partial charge in [0, 0.05) is 5.56 Å². The highest BCUT2D eigenvalue weighted by Gasteiger charge is 2.29. The Labute approximate surface area is 102 Å². The van der Waals surface area contributed by atoms with E-state index in [4.69, 9.17) is 4.18 Å². The Hall–Kier alpha value is -0.940. The summed E-state index contributed by atoms with van der Waals surface area (Å²) in [5, 5.41) is 0. The van der Waals surface area contributed by atoms with Crippen LogP contribution in [-0.4, -0.2) is 15.0 Å². The second kappa shape index (κ2) is 5.14. The first-order chi connectivity index (χ1) is 7.72. The van der Waals surface area contributed by atoms with Crippen molar-refractivity contribution in [2.45, 2.75) is 26.3 Å². The van der Waals surface area contributed by atoms with Gasteiger partial charge in [-0.15, -0.1) is 0 Å². The number of hydrogen-bond donors (Lipinski definition) is 0. The van der Waals surface area contributed by atoms with Crippen LogP contribution in [0.4, 0.5) is 4.39 Å². The minimum Gasteiger partial charge on any atom is -0.267 e. The summed E-state index contributed by atoms with van der Waals surface area (Å²) in [6.07, 6.45) is 0. The van der Waals surface area contributed by atoms with Gasteiger partial charge in [0.05, 0.1) is 6.61 Å². The van der Waals surface area contributed by atoms with Crippen LogP contribution < -0.4 is 0 Å². The summed E-state index contributed by atoms with van der Waals surface area (Å²) in [5.41, 5.74) is -2.38. The zero-order valence-electron chi connectivity index (χ0n) is 10.2. The molecule has 5 heteroatoms. The standard InChI is InChI=1S/C12H17FO3S/c1-12(2,3)9-16-17(14,15)11(13)10-7-5-4-6-8-10/h4-8,11H,9H2,1-3H3. The molecule has 3 nitrogen and oxygen atoms in total. The molecule has 1 unspecified atom stereocenters.